The molecule has 6 aromatic rings. The highest BCUT2D eigenvalue weighted by Crippen LogP contribution is 2.46. The number of hydrogen-bond acceptors (Lipinski definition) is 6. The lowest BCUT2D eigenvalue weighted by molar-refractivity contribution is 0.443. The highest BCUT2D eigenvalue weighted by molar-refractivity contribution is 6.99. The van der Waals surface area contributed by atoms with E-state index in [4.69, 9.17) is 14.2 Å². The van der Waals surface area contributed by atoms with E-state index in [1.54, 1.807) is 37.2 Å². The standard InChI is InChI=1S/C33H18BN3O3/c1-7-35-8-2-19(1)22-13-25-31-26(14-22)39-28-16-24(21-5-11-37-12-6-21)18-30-33(28)34(31)32-27(38-25)15-23(17-29(32)40-30)20-3-9-36-10-4-20/h1-18H. The molecule has 0 unspecified atom stereocenters. The minimum Gasteiger partial charge on any atom is -0.458 e. The summed E-state index contributed by atoms with van der Waals surface area (Å²) in [5.41, 5.74) is 9.22. The van der Waals surface area contributed by atoms with Crippen LogP contribution >= 0.6 is 0 Å². The molecule has 0 N–H and O–H groups in total. The summed E-state index contributed by atoms with van der Waals surface area (Å²) < 4.78 is 20.0. The van der Waals surface area contributed by atoms with Gasteiger partial charge in [0.05, 0.1) is 0 Å². The number of ether oxygens (including phenoxy) is 3. The predicted octanol–water partition coefficient (Wildman–Crippen LogP) is 5.71. The first kappa shape index (κ1) is 21.5. The van der Waals surface area contributed by atoms with Crippen molar-refractivity contribution in [3.8, 4) is 67.9 Å². The van der Waals surface area contributed by atoms with Crippen molar-refractivity contribution in [1.29, 1.82) is 0 Å². The normalized spacial score (nSPS) is 13.1. The van der Waals surface area contributed by atoms with Gasteiger partial charge in [0.25, 0.3) is 6.71 Å². The van der Waals surface area contributed by atoms with Gasteiger partial charge in [-0.3, -0.25) is 15.0 Å². The molecule has 6 heterocycles. The van der Waals surface area contributed by atoms with Crippen LogP contribution in [0.2, 0.25) is 0 Å². The predicted molar refractivity (Wildman–Crippen MR) is 154 cm³/mol. The quantitative estimate of drug-likeness (QED) is 0.281. The third-order valence-electron chi connectivity index (χ3n) is 7.88. The summed E-state index contributed by atoms with van der Waals surface area (Å²) in [5.74, 6) is 4.73. The van der Waals surface area contributed by atoms with E-state index in [1.165, 1.54) is 0 Å². The zero-order valence-corrected chi connectivity index (χ0v) is 21.0. The van der Waals surface area contributed by atoms with Crippen LogP contribution in [0.25, 0.3) is 33.4 Å². The summed E-state index contributed by atoms with van der Waals surface area (Å²) in [6.45, 7) is -0.0688. The maximum absolute atomic E-state index is 6.67. The molecule has 3 aliphatic heterocycles. The lowest BCUT2D eigenvalue weighted by Crippen LogP contribution is -2.59. The van der Waals surface area contributed by atoms with Crippen LogP contribution in [0, 0.1) is 0 Å². The molecule has 0 amide bonds. The molecule has 3 aromatic carbocycles. The number of aromatic nitrogens is 3. The molecule has 9 rings (SSSR count). The Morgan fingerprint density at radius 2 is 0.600 bits per heavy atom. The lowest BCUT2D eigenvalue weighted by Gasteiger charge is -2.38. The van der Waals surface area contributed by atoms with E-state index in [-0.39, 0.29) is 6.71 Å². The summed E-state index contributed by atoms with van der Waals surface area (Å²) >= 11 is 0. The second-order valence-electron chi connectivity index (χ2n) is 10.1. The number of pyridine rings is 3. The fourth-order valence-electron chi connectivity index (χ4n) is 6.08. The summed E-state index contributed by atoms with van der Waals surface area (Å²) in [6, 6.07) is 24.6. The van der Waals surface area contributed by atoms with Gasteiger partial charge in [0, 0.05) is 53.6 Å². The molecule has 0 spiro atoms. The van der Waals surface area contributed by atoms with E-state index in [9.17, 15) is 0 Å². The zero-order chi connectivity index (χ0) is 26.2. The van der Waals surface area contributed by atoms with Gasteiger partial charge >= 0.3 is 0 Å². The largest absolute Gasteiger partial charge is 0.458 e. The van der Waals surface area contributed by atoms with Crippen LogP contribution in [-0.4, -0.2) is 21.7 Å². The Morgan fingerprint density at radius 3 is 0.850 bits per heavy atom. The van der Waals surface area contributed by atoms with Gasteiger partial charge in [-0.05, 0) is 106 Å². The van der Waals surface area contributed by atoms with Gasteiger partial charge < -0.3 is 14.2 Å². The van der Waals surface area contributed by atoms with Crippen LogP contribution in [-0.2, 0) is 0 Å². The van der Waals surface area contributed by atoms with Gasteiger partial charge in [0.1, 0.15) is 34.5 Å². The molecule has 0 radical (unpaired) electrons. The van der Waals surface area contributed by atoms with Crippen molar-refractivity contribution in [2.75, 3.05) is 0 Å². The minimum absolute atomic E-state index is 0.0688. The summed E-state index contributed by atoms with van der Waals surface area (Å²) in [6.07, 6.45) is 10.8. The average molecular weight is 515 g/mol. The fourth-order valence-corrected chi connectivity index (χ4v) is 6.08. The lowest BCUT2D eigenvalue weighted by atomic mass is 9.33. The Bertz CT molecular complexity index is 1680. The third kappa shape index (κ3) is 3.09. The molecule has 0 fully saturated rings. The molecule has 0 atom stereocenters. The van der Waals surface area contributed by atoms with Gasteiger partial charge in [-0.1, -0.05) is 0 Å². The molecule has 0 saturated carbocycles. The van der Waals surface area contributed by atoms with E-state index in [0.717, 1.165) is 84.3 Å². The van der Waals surface area contributed by atoms with E-state index < -0.39 is 0 Å². The van der Waals surface area contributed by atoms with Crippen molar-refractivity contribution in [2.45, 2.75) is 0 Å². The Labute approximate surface area is 230 Å². The first-order valence-electron chi connectivity index (χ1n) is 13.1. The second kappa shape index (κ2) is 8.04. The van der Waals surface area contributed by atoms with Gasteiger partial charge in [-0.2, -0.15) is 0 Å². The first-order valence-corrected chi connectivity index (χ1v) is 13.1. The number of benzene rings is 3. The van der Waals surface area contributed by atoms with E-state index >= 15 is 0 Å². The average Bonchev–Trinajstić information content (AvgIpc) is 3.01. The van der Waals surface area contributed by atoms with E-state index in [0.29, 0.717) is 0 Å². The van der Waals surface area contributed by atoms with Crippen LogP contribution in [0.1, 0.15) is 0 Å². The highest BCUT2D eigenvalue weighted by Gasteiger charge is 2.47. The molecule has 186 valence electrons. The Balaban J connectivity index is 1.32. The minimum atomic E-state index is -0.0688. The van der Waals surface area contributed by atoms with Gasteiger partial charge in [0.2, 0.25) is 0 Å². The molecule has 7 heteroatoms. The van der Waals surface area contributed by atoms with E-state index in [2.05, 4.69) is 51.4 Å². The molecular weight excluding hydrogens is 497 g/mol. The smallest absolute Gasteiger partial charge is 0.270 e. The molecule has 6 nitrogen and oxygen atoms in total. The van der Waals surface area contributed by atoms with Crippen LogP contribution in [0.3, 0.4) is 0 Å². The summed E-state index contributed by atoms with van der Waals surface area (Å²) in [4.78, 5) is 12.6. The van der Waals surface area contributed by atoms with Crippen LogP contribution in [0.15, 0.2) is 110 Å². The van der Waals surface area contributed by atoms with Crippen LogP contribution in [0.4, 0.5) is 0 Å². The monoisotopic (exact) mass is 515 g/mol. The second-order valence-corrected chi connectivity index (χ2v) is 10.1. The molecular formula is C33H18BN3O3. The number of nitrogens with zero attached hydrogens (tertiary/aromatic N) is 3. The zero-order valence-electron chi connectivity index (χ0n) is 21.0. The third-order valence-corrected chi connectivity index (χ3v) is 7.88. The maximum atomic E-state index is 6.67. The molecule has 40 heavy (non-hydrogen) atoms. The fraction of sp³-hybridized carbons (Fsp3) is 0. The van der Waals surface area contributed by atoms with E-state index in [1.807, 2.05) is 36.4 Å². The molecule has 3 aromatic heterocycles. The van der Waals surface area contributed by atoms with Gasteiger partial charge in [-0.15, -0.1) is 0 Å². The maximum Gasteiger partial charge on any atom is 0.270 e. The molecule has 0 bridgehead atoms. The summed E-state index contributed by atoms with van der Waals surface area (Å²) in [5, 5.41) is 0. The van der Waals surface area contributed by atoms with Crippen LogP contribution in [0.5, 0.6) is 34.5 Å². The summed E-state index contributed by atoms with van der Waals surface area (Å²) in [7, 11) is 0. The topological polar surface area (TPSA) is 66.4 Å². The SMILES string of the molecule is c1cc(-c2cc3c4c(c2)Oc2cc(-c5ccncc5)cc5c2B4c2c(cc(-c4ccncc4)cc2O5)O3)ccn1. The molecule has 0 saturated heterocycles. The Hall–Kier alpha value is -5.43. The Morgan fingerprint density at radius 1 is 0.350 bits per heavy atom. The van der Waals surface area contributed by atoms with Crippen molar-refractivity contribution >= 4 is 23.1 Å². The van der Waals surface area contributed by atoms with Crippen molar-refractivity contribution in [1.82, 2.24) is 15.0 Å². The van der Waals surface area contributed by atoms with Crippen molar-refractivity contribution in [2.24, 2.45) is 0 Å². The highest BCUT2D eigenvalue weighted by atomic mass is 16.5. The molecule has 3 aliphatic rings. The van der Waals surface area contributed by atoms with Gasteiger partial charge in [-0.25, -0.2) is 0 Å². The van der Waals surface area contributed by atoms with Crippen molar-refractivity contribution in [3.63, 3.8) is 0 Å². The van der Waals surface area contributed by atoms with Crippen molar-refractivity contribution < 1.29 is 14.2 Å². The van der Waals surface area contributed by atoms with Crippen LogP contribution < -0.4 is 30.6 Å². The van der Waals surface area contributed by atoms with Crippen molar-refractivity contribution in [3.05, 3.63) is 110 Å². The first-order chi connectivity index (χ1) is 19.8. The number of rotatable bonds is 3. The Kier molecular flexibility index (Phi) is 4.32. The number of hydrogen-bond donors (Lipinski definition) is 0. The van der Waals surface area contributed by atoms with Gasteiger partial charge in [0.15, 0.2) is 0 Å². The molecule has 0 aliphatic carbocycles.